The zero-order valence-electron chi connectivity index (χ0n) is 10.6. The number of thiophene rings is 1. The van der Waals surface area contributed by atoms with Crippen LogP contribution in [-0.4, -0.2) is 17.6 Å². The molecule has 0 saturated heterocycles. The Bertz CT molecular complexity index is 547. The number of nitrogens with two attached hydrogens (primary N) is 1. The van der Waals surface area contributed by atoms with Crippen LogP contribution in [0.5, 0.6) is 0 Å². The molecule has 4 nitrogen and oxygen atoms in total. The third-order valence-corrected chi connectivity index (χ3v) is 3.93. The number of carbonyl (C=O) groups is 1. The van der Waals surface area contributed by atoms with Crippen LogP contribution >= 0.6 is 11.3 Å². The van der Waals surface area contributed by atoms with Crippen LogP contribution in [0.2, 0.25) is 0 Å². The number of benzene rings is 1. The summed E-state index contributed by atoms with van der Waals surface area (Å²) in [6.07, 6.45) is 0. The van der Waals surface area contributed by atoms with Gasteiger partial charge < -0.3 is 16.2 Å². The van der Waals surface area contributed by atoms with Crippen LogP contribution < -0.4 is 11.1 Å². The molecule has 19 heavy (non-hydrogen) atoms. The van der Waals surface area contributed by atoms with Gasteiger partial charge in [-0.05, 0) is 18.6 Å². The highest BCUT2D eigenvalue weighted by Crippen LogP contribution is 2.24. The Kier molecular flexibility index (Phi) is 4.19. The molecule has 2 aromatic rings. The van der Waals surface area contributed by atoms with Crippen molar-refractivity contribution in [3.63, 3.8) is 0 Å². The molecule has 0 spiro atoms. The maximum absolute atomic E-state index is 12.1. The van der Waals surface area contributed by atoms with Gasteiger partial charge in [0.15, 0.2) is 0 Å². The Balaban J connectivity index is 2.13. The van der Waals surface area contributed by atoms with Crippen LogP contribution in [0.25, 0.3) is 0 Å². The van der Waals surface area contributed by atoms with E-state index in [9.17, 15) is 9.90 Å². The molecule has 1 aromatic heterocycles. The molecule has 1 amide bonds. The number of rotatable bonds is 4. The molecular weight excluding hydrogens is 260 g/mol. The number of nitrogens with one attached hydrogen (secondary N) is 1. The first kappa shape index (κ1) is 13.6. The van der Waals surface area contributed by atoms with E-state index >= 15 is 0 Å². The quantitative estimate of drug-likeness (QED) is 0.800. The lowest BCUT2D eigenvalue weighted by Gasteiger charge is -2.16. The Morgan fingerprint density at radius 1 is 1.42 bits per heavy atom. The van der Waals surface area contributed by atoms with Crippen molar-refractivity contribution >= 4 is 22.9 Å². The minimum atomic E-state index is -0.405. The summed E-state index contributed by atoms with van der Waals surface area (Å²) in [6, 6.07) is 10.6. The molecule has 0 radical (unpaired) electrons. The number of hydrogen-bond donors (Lipinski definition) is 3. The number of aliphatic hydroxyl groups excluding tert-OH is 1. The van der Waals surface area contributed by atoms with Crippen molar-refractivity contribution in [2.45, 2.75) is 13.0 Å². The summed E-state index contributed by atoms with van der Waals surface area (Å²) in [5.74, 6) is -0.215. The molecule has 0 aliphatic carbocycles. The number of nitrogen functional groups attached to an aromatic ring is 1. The zero-order chi connectivity index (χ0) is 13.8. The van der Waals surface area contributed by atoms with Crippen molar-refractivity contribution in [1.82, 2.24) is 5.32 Å². The number of anilines is 1. The number of aliphatic hydroxyl groups is 1. The number of carbonyl (C=O) groups excluding carboxylic acids is 1. The van der Waals surface area contributed by atoms with E-state index in [1.807, 2.05) is 37.3 Å². The SMILES string of the molecule is Cc1sc(C(=O)NC(CO)c2ccccc2)cc1N. The molecule has 0 fully saturated rings. The second-order valence-corrected chi connectivity index (χ2v) is 5.50. The Morgan fingerprint density at radius 3 is 2.63 bits per heavy atom. The van der Waals surface area contributed by atoms with E-state index in [-0.39, 0.29) is 12.5 Å². The van der Waals surface area contributed by atoms with Gasteiger partial charge in [0.2, 0.25) is 0 Å². The molecule has 5 heteroatoms. The lowest BCUT2D eigenvalue weighted by molar-refractivity contribution is 0.0920. The van der Waals surface area contributed by atoms with E-state index in [0.29, 0.717) is 10.6 Å². The number of aryl methyl sites for hydroxylation is 1. The van der Waals surface area contributed by atoms with Gasteiger partial charge in [0.25, 0.3) is 5.91 Å². The number of hydrogen-bond acceptors (Lipinski definition) is 4. The topological polar surface area (TPSA) is 75.3 Å². The summed E-state index contributed by atoms with van der Waals surface area (Å²) >= 11 is 1.35. The van der Waals surface area contributed by atoms with Crippen LogP contribution in [0.3, 0.4) is 0 Å². The van der Waals surface area contributed by atoms with Gasteiger partial charge in [-0.15, -0.1) is 11.3 Å². The highest BCUT2D eigenvalue weighted by Gasteiger charge is 2.16. The highest BCUT2D eigenvalue weighted by molar-refractivity contribution is 7.14. The maximum Gasteiger partial charge on any atom is 0.261 e. The van der Waals surface area contributed by atoms with Crippen LogP contribution in [0.1, 0.15) is 26.2 Å². The first-order valence-corrected chi connectivity index (χ1v) is 6.76. The molecule has 0 aliphatic rings. The van der Waals surface area contributed by atoms with Crippen LogP contribution in [0.4, 0.5) is 5.69 Å². The van der Waals surface area contributed by atoms with Gasteiger partial charge in [-0.2, -0.15) is 0 Å². The average molecular weight is 276 g/mol. The normalized spacial score (nSPS) is 12.1. The van der Waals surface area contributed by atoms with Gasteiger partial charge in [0.1, 0.15) is 0 Å². The Morgan fingerprint density at radius 2 is 2.11 bits per heavy atom. The van der Waals surface area contributed by atoms with Gasteiger partial charge in [0.05, 0.1) is 17.5 Å². The Labute approximate surface area is 115 Å². The van der Waals surface area contributed by atoms with Gasteiger partial charge in [-0.3, -0.25) is 4.79 Å². The van der Waals surface area contributed by atoms with Crippen molar-refractivity contribution in [1.29, 1.82) is 0 Å². The molecule has 0 bridgehead atoms. The largest absolute Gasteiger partial charge is 0.398 e. The maximum atomic E-state index is 12.1. The molecule has 4 N–H and O–H groups in total. The predicted molar refractivity (Wildman–Crippen MR) is 77.2 cm³/mol. The fourth-order valence-electron chi connectivity index (χ4n) is 1.76. The predicted octanol–water partition coefficient (Wildman–Crippen LogP) is 2.10. The second kappa shape index (κ2) is 5.86. The summed E-state index contributed by atoms with van der Waals surface area (Å²) in [7, 11) is 0. The summed E-state index contributed by atoms with van der Waals surface area (Å²) in [5.41, 5.74) is 7.23. The Hall–Kier alpha value is -1.85. The molecular formula is C14H16N2O2S. The number of amides is 1. The minimum Gasteiger partial charge on any atom is -0.398 e. The second-order valence-electron chi connectivity index (χ2n) is 4.24. The van der Waals surface area contributed by atoms with Gasteiger partial charge in [0, 0.05) is 10.6 Å². The summed E-state index contributed by atoms with van der Waals surface area (Å²) in [5, 5.41) is 12.2. The lowest BCUT2D eigenvalue weighted by Crippen LogP contribution is -2.30. The standard InChI is InChI=1S/C14H16N2O2S/c1-9-11(15)7-13(19-9)14(18)16-12(8-17)10-5-3-2-4-6-10/h2-7,12,17H,8,15H2,1H3,(H,16,18). The first-order valence-electron chi connectivity index (χ1n) is 5.94. The van der Waals surface area contributed by atoms with Crippen molar-refractivity contribution in [2.75, 3.05) is 12.3 Å². The summed E-state index contributed by atoms with van der Waals surface area (Å²) in [6.45, 7) is 1.73. The van der Waals surface area contributed by atoms with E-state index in [2.05, 4.69) is 5.32 Å². The van der Waals surface area contributed by atoms with Gasteiger partial charge in [-0.1, -0.05) is 30.3 Å². The van der Waals surface area contributed by atoms with Crippen LogP contribution in [0, 0.1) is 6.92 Å². The molecule has 2 rings (SSSR count). The summed E-state index contributed by atoms with van der Waals surface area (Å²) < 4.78 is 0. The lowest BCUT2D eigenvalue weighted by atomic mass is 10.1. The highest BCUT2D eigenvalue weighted by atomic mass is 32.1. The molecule has 0 aliphatic heterocycles. The summed E-state index contributed by atoms with van der Waals surface area (Å²) in [4.78, 5) is 13.6. The average Bonchev–Trinajstić information content (AvgIpc) is 2.77. The monoisotopic (exact) mass is 276 g/mol. The third kappa shape index (κ3) is 3.13. The third-order valence-electron chi connectivity index (χ3n) is 2.87. The molecule has 1 unspecified atom stereocenters. The van der Waals surface area contributed by atoms with Crippen molar-refractivity contribution in [3.8, 4) is 0 Å². The molecule has 1 aromatic carbocycles. The van der Waals surface area contributed by atoms with Crippen molar-refractivity contribution < 1.29 is 9.90 Å². The molecule has 1 heterocycles. The molecule has 100 valence electrons. The van der Waals surface area contributed by atoms with Crippen molar-refractivity contribution in [2.24, 2.45) is 0 Å². The van der Waals surface area contributed by atoms with E-state index in [1.54, 1.807) is 6.07 Å². The van der Waals surface area contributed by atoms with Gasteiger partial charge in [-0.25, -0.2) is 0 Å². The zero-order valence-corrected chi connectivity index (χ0v) is 11.4. The van der Waals surface area contributed by atoms with Crippen LogP contribution in [-0.2, 0) is 0 Å². The molecule has 1 atom stereocenters. The van der Waals surface area contributed by atoms with Gasteiger partial charge >= 0.3 is 0 Å². The van der Waals surface area contributed by atoms with Crippen LogP contribution in [0.15, 0.2) is 36.4 Å². The minimum absolute atomic E-state index is 0.143. The van der Waals surface area contributed by atoms with E-state index in [0.717, 1.165) is 10.4 Å². The molecule has 0 saturated carbocycles. The smallest absolute Gasteiger partial charge is 0.261 e. The van der Waals surface area contributed by atoms with E-state index in [4.69, 9.17) is 5.73 Å². The fourth-order valence-corrected chi connectivity index (χ4v) is 2.60. The van der Waals surface area contributed by atoms with Crippen molar-refractivity contribution in [3.05, 3.63) is 51.7 Å². The van der Waals surface area contributed by atoms with E-state index in [1.165, 1.54) is 11.3 Å². The fraction of sp³-hybridized carbons (Fsp3) is 0.214. The van der Waals surface area contributed by atoms with E-state index < -0.39 is 6.04 Å². The first-order chi connectivity index (χ1) is 9.11.